The van der Waals surface area contributed by atoms with Crippen LogP contribution in [0.2, 0.25) is 5.02 Å². The fraction of sp³-hybridized carbons (Fsp3) is 0.308. The molecular weight excluding hydrogens is 252 g/mol. The van der Waals surface area contributed by atoms with Gasteiger partial charge in [0.05, 0.1) is 19.0 Å². The molecule has 4 nitrogen and oxygen atoms in total. The van der Waals surface area contributed by atoms with Crippen LogP contribution >= 0.6 is 11.6 Å². The quantitative estimate of drug-likeness (QED) is 0.905. The number of halogens is 1. The second-order valence-corrected chi connectivity index (χ2v) is 4.44. The predicted molar refractivity (Wildman–Crippen MR) is 69.8 cm³/mol. The van der Waals surface area contributed by atoms with E-state index in [4.69, 9.17) is 16.3 Å². The summed E-state index contributed by atoms with van der Waals surface area (Å²) in [6.45, 7) is 2.91. The highest BCUT2D eigenvalue weighted by Crippen LogP contribution is 2.28. The highest BCUT2D eigenvalue weighted by Gasteiger charge is 2.09. The number of ether oxygens (including phenoxy) is 1. The Bertz CT molecular complexity index is 498. The lowest BCUT2D eigenvalue weighted by Gasteiger charge is -2.14. The van der Waals surface area contributed by atoms with E-state index in [0.29, 0.717) is 29.5 Å². The van der Waals surface area contributed by atoms with E-state index in [1.54, 1.807) is 37.6 Å². The maximum absolute atomic E-state index is 9.66. The molecule has 0 saturated carbocycles. The van der Waals surface area contributed by atoms with Crippen LogP contribution in [0, 0.1) is 0 Å². The van der Waals surface area contributed by atoms with Crippen molar-refractivity contribution in [3.8, 4) is 5.75 Å². The summed E-state index contributed by atoms with van der Waals surface area (Å²) in [6, 6.07) is 5.25. The predicted octanol–water partition coefficient (Wildman–Crippen LogP) is 2.67. The van der Waals surface area contributed by atoms with Gasteiger partial charge in [-0.05, 0) is 25.1 Å². The van der Waals surface area contributed by atoms with E-state index in [9.17, 15) is 5.11 Å². The molecule has 0 bridgehead atoms. The third-order valence-electron chi connectivity index (χ3n) is 2.59. The Labute approximate surface area is 111 Å². The van der Waals surface area contributed by atoms with Crippen molar-refractivity contribution in [2.45, 2.75) is 19.6 Å². The SMILES string of the molecule is C[C@H](O)c1cc(Cl)ccc1OCCn1ccnc1. The molecule has 0 fully saturated rings. The highest BCUT2D eigenvalue weighted by atomic mass is 35.5. The van der Waals surface area contributed by atoms with Gasteiger partial charge in [-0.1, -0.05) is 11.6 Å². The first-order valence-corrected chi connectivity index (χ1v) is 6.10. The molecule has 0 amide bonds. The zero-order valence-corrected chi connectivity index (χ0v) is 10.8. The summed E-state index contributed by atoms with van der Waals surface area (Å²) in [7, 11) is 0. The lowest BCUT2D eigenvalue weighted by atomic mass is 10.1. The normalized spacial score (nSPS) is 12.4. The minimum Gasteiger partial charge on any atom is -0.491 e. The molecule has 1 aromatic heterocycles. The Morgan fingerprint density at radius 2 is 2.33 bits per heavy atom. The van der Waals surface area contributed by atoms with Gasteiger partial charge < -0.3 is 14.4 Å². The van der Waals surface area contributed by atoms with Gasteiger partial charge in [0.1, 0.15) is 12.4 Å². The number of aliphatic hydroxyl groups is 1. The standard InChI is InChI=1S/C13H15ClN2O2/c1-10(17)12-8-11(14)2-3-13(12)18-7-6-16-5-4-15-9-16/h2-5,8-10,17H,6-7H2,1H3/t10-/m0/s1. The largest absolute Gasteiger partial charge is 0.491 e. The molecule has 0 radical (unpaired) electrons. The van der Waals surface area contributed by atoms with Gasteiger partial charge in [-0.25, -0.2) is 4.98 Å². The molecular formula is C13H15ClN2O2. The van der Waals surface area contributed by atoms with Gasteiger partial charge in [-0.3, -0.25) is 0 Å². The Balaban J connectivity index is 2.00. The lowest BCUT2D eigenvalue weighted by Crippen LogP contribution is -2.08. The van der Waals surface area contributed by atoms with Crippen LogP contribution in [-0.2, 0) is 6.54 Å². The molecule has 0 saturated heterocycles. The molecule has 18 heavy (non-hydrogen) atoms. The number of rotatable bonds is 5. The van der Waals surface area contributed by atoms with E-state index in [1.807, 2.05) is 10.8 Å². The minimum absolute atomic E-state index is 0.512. The number of nitrogens with zero attached hydrogens (tertiary/aromatic N) is 2. The van der Waals surface area contributed by atoms with Gasteiger partial charge >= 0.3 is 0 Å². The summed E-state index contributed by atoms with van der Waals surface area (Å²) in [4.78, 5) is 3.96. The van der Waals surface area contributed by atoms with Crippen LogP contribution in [0.3, 0.4) is 0 Å². The number of hydrogen-bond donors (Lipinski definition) is 1. The summed E-state index contributed by atoms with van der Waals surface area (Å²) in [6.07, 6.45) is 4.73. The van der Waals surface area contributed by atoms with E-state index in [2.05, 4.69) is 4.98 Å². The zero-order valence-electron chi connectivity index (χ0n) is 10.1. The van der Waals surface area contributed by atoms with Gasteiger partial charge in [0, 0.05) is 23.0 Å². The monoisotopic (exact) mass is 266 g/mol. The van der Waals surface area contributed by atoms with Crippen molar-refractivity contribution in [3.05, 3.63) is 47.5 Å². The van der Waals surface area contributed by atoms with Crippen molar-refractivity contribution in [1.82, 2.24) is 9.55 Å². The van der Waals surface area contributed by atoms with E-state index >= 15 is 0 Å². The van der Waals surface area contributed by atoms with Gasteiger partial charge in [0.15, 0.2) is 0 Å². The van der Waals surface area contributed by atoms with Crippen molar-refractivity contribution >= 4 is 11.6 Å². The second kappa shape index (κ2) is 5.89. The molecule has 0 aliphatic rings. The molecule has 5 heteroatoms. The maximum Gasteiger partial charge on any atom is 0.125 e. The van der Waals surface area contributed by atoms with E-state index in [1.165, 1.54) is 0 Å². The van der Waals surface area contributed by atoms with Crippen LogP contribution in [0.1, 0.15) is 18.6 Å². The van der Waals surface area contributed by atoms with Crippen LogP contribution in [0.25, 0.3) is 0 Å². The first-order valence-electron chi connectivity index (χ1n) is 5.73. The summed E-state index contributed by atoms with van der Waals surface area (Å²) >= 11 is 5.90. The molecule has 1 aromatic carbocycles. The van der Waals surface area contributed by atoms with Crippen LogP contribution in [0.5, 0.6) is 5.75 Å². The first kappa shape index (κ1) is 12.9. The molecule has 0 aliphatic carbocycles. The van der Waals surface area contributed by atoms with Crippen molar-refractivity contribution in [1.29, 1.82) is 0 Å². The van der Waals surface area contributed by atoms with Gasteiger partial charge in [0.25, 0.3) is 0 Å². The van der Waals surface area contributed by atoms with Crippen LogP contribution < -0.4 is 4.74 Å². The Hall–Kier alpha value is -1.52. The van der Waals surface area contributed by atoms with Crippen molar-refractivity contribution in [2.75, 3.05) is 6.61 Å². The summed E-state index contributed by atoms with van der Waals surface area (Å²) in [5.74, 6) is 0.662. The maximum atomic E-state index is 9.66. The number of imidazole rings is 1. The molecule has 2 rings (SSSR count). The number of hydrogen-bond acceptors (Lipinski definition) is 3. The van der Waals surface area contributed by atoms with Crippen LogP contribution in [-0.4, -0.2) is 21.3 Å². The molecule has 0 spiro atoms. The van der Waals surface area contributed by atoms with Gasteiger partial charge in [-0.15, -0.1) is 0 Å². The molecule has 2 aromatic rings. The van der Waals surface area contributed by atoms with Gasteiger partial charge in [-0.2, -0.15) is 0 Å². The molecule has 1 N–H and O–H groups in total. The molecule has 0 aliphatic heterocycles. The zero-order chi connectivity index (χ0) is 13.0. The smallest absolute Gasteiger partial charge is 0.125 e. The summed E-state index contributed by atoms with van der Waals surface area (Å²) < 4.78 is 7.59. The summed E-state index contributed by atoms with van der Waals surface area (Å²) in [5.41, 5.74) is 0.702. The second-order valence-electron chi connectivity index (χ2n) is 4.01. The average molecular weight is 267 g/mol. The molecule has 96 valence electrons. The highest BCUT2D eigenvalue weighted by molar-refractivity contribution is 6.30. The molecule has 1 atom stereocenters. The molecule has 1 heterocycles. The van der Waals surface area contributed by atoms with E-state index in [0.717, 1.165) is 0 Å². The van der Waals surface area contributed by atoms with Crippen molar-refractivity contribution in [3.63, 3.8) is 0 Å². The fourth-order valence-corrected chi connectivity index (χ4v) is 1.84. The third-order valence-corrected chi connectivity index (χ3v) is 2.82. The Morgan fingerprint density at radius 1 is 1.50 bits per heavy atom. The van der Waals surface area contributed by atoms with Gasteiger partial charge in [0.2, 0.25) is 0 Å². The van der Waals surface area contributed by atoms with Crippen LogP contribution in [0.4, 0.5) is 0 Å². The first-order chi connectivity index (χ1) is 8.66. The topological polar surface area (TPSA) is 47.3 Å². The third kappa shape index (κ3) is 3.24. The Kier molecular flexibility index (Phi) is 4.23. The summed E-state index contributed by atoms with van der Waals surface area (Å²) in [5, 5.41) is 10.2. The van der Waals surface area contributed by atoms with E-state index < -0.39 is 6.10 Å². The number of aromatic nitrogens is 2. The van der Waals surface area contributed by atoms with Crippen molar-refractivity contribution in [2.24, 2.45) is 0 Å². The van der Waals surface area contributed by atoms with Crippen LogP contribution in [0.15, 0.2) is 36.9 Å². The lowest BCUT2D eigenvalue weighted by molar-refractivity contribution is 0.190. The minimum atomic E-state index is -0.605. The average Bonchev–Trinajstić information content (AvgIpc) is 2.84. The van der Waals surface area contributed by atoms with Crippen molar-refractivity contribution < 1.29 is 9.84 Å². The molecule has 0 unspecified atom stereocenters. The van der Waals surface area contributed by atoms with E-state index in [-0.39, 0.29) is 0 Å². The number of benzene rings is 1. The Morgan fingerprint density at radius 3 is 3.00 bits per heavy atom. The number of aliphatic hydroxyl groups excluding tert-OH is 1. The fourth-order valence-electron chi connectivity index (χ4n) is 1.66.